The Morgan fingerprint density at radius 3 is 2.93 bits per heavy atom. The molecule has 14 heavy (non-hydrogen) atoms. The molecule has 1 aromatic rings. The first-order valence-electron chi connectivity index (χ1n) is 4.12. The van der Waals surface area contributed by atoms with Crippen LogP contribution in [-0.2, 0) is 10.8 Å². The predicted molar refractivity (Wildman–Crippen MR) is 59.2 cm³/mol. The molecule has 0 aliphatic heterocycles. The number of nitrogens with zero attached hydrogens (tertiary/aromatic N) is 2. The van der Waals surface area contributed by atoms with Crippen LogP contribution in [0.5, 0.6) is 0 Å². The van der Waals surface area contributed by atoms with Gasteiger partial charge in [-0.15, -0.1) is 0 Å². The smallest absolute Gasteiger partial charge is 0.137 e. The molecule has 0 aromatic carbocycles. The molecular formula is C8H12ClN3OS. The van der Waals surface area contributed by atoms with Crippen molar-refractivity contribution >= 4 is 28.2 Å². The summed E-state index contributed by atoms with van der Waals surface area (Å²) in [5.74, 6) is 1.30. The van der Waals surface area contributed by atoms with E-state index in [1.165, 1.54) is 6.33 Å². The minimum atomic E-state index is -0.790. The van der Waals surface area contributed by atoms with E-state index in [0.717, 1.165) is 5.56 Å². The van der Waals surface area contributed by atoms with Gasteiger partial charge in [0.05, 0.1) is 0 Å². The van der Waals surface area contributed by atoms with Crippen molar-refractivity contribution in [3.05, 3.63) is 17.0 Å². The summed E-state index contributed by atoms with van der Waals surface area (Å²) < 4.78 is 10.8. The molecule has 1 rings (SSSR count). The third-order valence-corrected chi connectivity index (χ3v) is 2.86. The Balaban J connectivity index is 2.59. The Hall–Kier alpha value is -0.680. The van der Waals surface area contributed by atoms with E-state index in [-0.39, 0.29) is 0 Å². The number of hydrogen-bond acceptors (Lipinski definition) is 4. The molecule has 1 aromatic heterocycles. The quantitative estimate of drug-likeness (QED) is 0.795. The molecule has 0 aliphatic rings. The molecule has 1 unspecified atom stereocenters. The highest BCUT2D eigenvalue weighted by molar-refractivity contribution is 7.84. The number of nitrogens with one attached hydrogen (secondary N) is 1. The number of anilines is 1. The van der Waals surface area contributed by atoms with Gasteiger partial charge in [0.1, 0.15) is 17.3 Å². The first kappa shape index (κ1) is 11.4. The molecular weight excluding hydrogens is 222 g/mol. The van der Waals surface area contributed by atoms with Crippen molar-refractivity contribution < 1.29 is 4.21 Å². The normalized spacial score (nSPS) is 12.5. The lowest BCUT2D eigenvalue weighted by molar-refractivity contribution is 0.687. The highest BCUT2D eigenvalue weighted by Crippen LogP contribution is 2.17. The molecule has 0 amide bonds. The first-order valence-corrected chi connectivity index (χ1v) is 6.22. The van der Waals surface area contributed by atoms with Crippen LogP contribution in [0.2, 0.25) is 5.15 Å². The zero-order valence-corrected chi connectivity index (χ0v) is 9.65. The SMILES string of the molecule is Cc1c(Cl)ncnc1NCCS(C)=O. The van der Waals surface area contributed by atoms with Crippen LogP contribution in [0, 0.1) is 6.92 Å². The largest absolute Gasteiger partial charge is 0.369 e. The van der Waals surface area contributed by atoms with Crippen molar-refractivity contribution in [3.63, 3.8) is 0 Å². The zero-order chi connectivity index (χ0) is 10.6. The maximum absolute atomic E-state index is 10.8. The standard InChI is InChI=1S/C8H12ClN3OS/c1-6-7(9)11-5-12-8(6)10-3-4-14(2)13/h5H,3-4H2,1-2H3,(H,10,11,12). The Morgan fingerprint density at radius 1 is 1.57 bits per heavy atom. The molecule has 1 heterocycles. The van der Waals surface area contributed by atoms with Crippen molar-refractivity contribution in [2.75, 3.05) is 23.9 Å². The molecule has 4 nitrogen and oxygen atoms in total. The molecule has 0 bridgehead atoms. The second kappa shape index (κ2) is 5.26. The van der Waals surface area contributed by atoms with Crippen LogP contribution in [0.4, 0.5) is 5.82 Å². The Labute approximate surface area is 90.6 Å². The highest BCUT2D eigenvalue weighted by atomic mass is 35.5. The average Bonchev–Trinajstić information content (AvgIpc) is 2.12. The van der Waals surface area contributed by atoms with Gasteiger partial charge in [-0.2, -0.15) is 0 Å². The lowest BCUT2D eigenvalue weighted by Crippen LogP contribution is -2.12. The van der Waals surface area contributed by atoms with Gasteiger partial charge in [0.2, 0.25) is 0 Å². The summed E-state index contributed by atoms with van der Waals surface area (Å²) in [6, 6.07) is 0. The first-order chi connectivity index (χ1) is 6.61. The van der Waals surface area contributed by atoms with Crippen molar-refractivity contribution in [3.8, 4) is 0 Å². The summed E-state index contributed by atoms with van der Waals surface area (Å²) in [7, 11) is -0.790. The maximum atomic E-state index is 10.8. The number of hydrogen-bond donors (Lipinski definition) is 1. The van der Waals surface area contributed by atoms with Crippen molar-refractivity contribution in [2.45, 2.75) is 6.92 Å². The van der Waals surface area contributed by atoms with E-state index < -0.39 is 10.8 Å². The topological polar surface area (TPSA) is 54.9 Å². The molecule has 0 aliphatic carbocycles. The van der Waals surface area contributed by atoms with Crippen molar-refractivity contribution in [2.24, 2.45) is 0 Å². The number of aromatic nitrogens is 2. The number of halogens is 1. The van der Waals surface area contributed by atoms with Gasteiger partial charge in [0.25, 0.3) is 0 Å². The lowest BCUT2D eigenvalue weighted by Gasteiger charge is -2.07. The molecule has 0 spiro atoms. The average molecular weight is 234 g/mol. The Bertz CT molecular complexity index is 345. The van der Waals surface area contributed by atoms with Crippen LogP contribution in [0.15, 0.2) is 6.33 Å². The highest BCUT2D eigenvalue weighted by Gasteiger charge is 2.03. The lowest BCUT2D eigenvalue weighted by atomic mass is 10.3. The Morgan fingerprint density at radius 2 is 2.29 bits per heavy atom. The fourth-order valence-corrected chi connectivity index (χ4v) is 1.44. The second-order valence-corrected chi connectivity index (χ2v) is 4.75. The van der Waals surface area contributed by atoms with Crippen LogP contribution in [0.3, 0.4) is 0 Å². The number of rotatable bonds is 4. The third kappa shape index (κ3) is 3.23. The van der Waals surface area contributed by atoms with Gasteiger partial charge < -0.3 is 5.32 Å². The van der Waals surface area contributed by atoms with Crippen LogP contribution >= 0.6 is 11.6 Å². The molecule has 1 N–H and O–H groups in total. The molecule has 6 heteroatoms. The van der Waals surface area contributed by atoms with Gasteiger partial charge in [-0.1, -0.05) is 11.6 Å². The second-order valence-electron chi connectivity index (χ2n) is 2.84. The zero-order valence-electron chi connectivity index (χ0n) is 8.08. The predicted octanol–water partition coefficient (Wildman–Crippen LogP) is 1.23. The Kier molecular flexibility index (Phi) is 4.28. The third-order valence-electron chi connectivity index (χ3n) is 1.70. The van der Waals surface area contributed by atoms with Gasteiger partial charge in [-0.05, 0) is 6.92 Å². The molecule has 0 fully saturated rings. The summed E-state index contributed by atoms with van der Waals surface area (Å²) in [6.45, 7) is 2.46. The van der Waals surface area contributed by atoms with Crippen molar-refractivity contribution in [1.29, 1.82) is 0 Å². The molecule has 78 valence electrons. The van der Waals surface area contributed by atoms with E-state index in [9.17, 15) is 4.21 Å². The monoisotopic (exact) mass is 233 g/mol. The molecule has 0 radical (unpaired) electrons. The molecule has 1 atom stereocenters. The summed E-state index contributed by atoms with van der Waals surface area (Å²) in [5, 5.41) is 3.50. The van der Waals surface area contributed by atoms with Crippen molar-refractivity contribution in [1.82, 2.24) is 9.97 Å². The summed E-state index contributed by atoms with van der Waals surface area (Å²) >= 11 is 5.80. The van der Waals surface area contributed by atoms with E-state index in [4.69, 9.17) is 11.6 Å². The van der Waals surface area contributed by atoms with E-state index in [1.807, 2.05) is 6.92 Å². The minimum Gasteiger partial charge on any atom is -0.369 e. The van der Waals surface area contributed by atoms with Gasteiger partial charge in [0.15, 0.2) is 0 Å². The van der Waals surface area contributed by atoms with Crippen LogP contribution in [0.25, 0.3) is 0 Å². The maximum Gasteiger partial charge on any atom is 0.137 e. The van der Waals surface area contributed by atoms with E-state index in [1.54, 1.807) is 6.26 Å². The van der Waals surface area contributed by atoms with Crippen LogP contribution < -0.4 is 5.32 Å². The van der Waals surface area contributed by atoms with E-state index in [0.29, 0.717) is 23.3 Å². The molecule has 0 saturated carbocycles. The summed E-state index contributed by atoms with van der Waals surface area (Å²) in [6.07, 6.45) is 3.07. The fraction of sp³-hybridized carbons (Fsp3) is 0.500. The fourth-order valence-electron chi connectivity index (χ4n) is 0.920. The molecule has 0 saturated heterocycles. The van der Waals surface area contributed by atoms with E-state index >= 15 is 0 Å². The summed E-state index contributed by atoms with van der Waals surface area (Å²) in [5.41, 5.74) is 0.816. The van der Waals surface area contributed by atoms with Crippen LogP contribution in [-0.4, -0.2) is 32.7 Å². The minimum absolute atomic E-state index is 0.445. The van der Waals surface area contributed by atoms with Crippen LogP contribution in [0.1, 0.15) is 5.56 Å². The van der Waals surface area contributed by atoms with Gasteiger partial charge in [0, 0.05) is 34.9 Å². The van der Waals surface area contributed by atoms with Gasteiger partial charge in [-0.3, -0.25) is 4.21 Å². The van der Waals surface area contributed by atoms with Gasteiger partial charge >= 0.3 is 0 Å². The van der Waals surface area contributed by atoms with E-state index in [2.05, 4.69) is 15.3 Å². The van der Waals surface area contributed by atoms with Gasteiger partial charge in [-0.25, -0.2) is 9.97 Å². The summed E-state index contributed by atoms with van der Waals surface area (Å²) in [4.78, 5) is 7.87.